The number of nitrogens with zero attached hydrogens (tertiary/aromatic N) is 3. The average Bonchev–Trinajstić information content (AvgIpc) is 2.32. The monoisotopic (exact) mass is 294 g/mol. The van der Waals surface area contributed by atoms with Gasteiger partial charge in [0.2, 0.25) is 0 Å². The highest BCUT2D eigenvalue weighted by Crippen LogP contribution is 2.24. The normalized spacial score (nSPS) is 10.9. The van der Waals surface area contributed by atoms with Crippen molar-refractivity contribution >= 4 is 22.9 Å². The van der Waals surface area contributed by atoms with Crippen LogP contribution in [0, 0.1) is 13.8 Å². The fourth-order valence-electron chi connectivity index (χ4n) is 2.31. The third-order valence-corrected chi connectivity index (χ3v) is 3.41. The molecule has 0 spiro atoms. The van der Waals surface area contributed by atoms with Crippen molar-refractivity contribution in [1.82, 2.24) is 9.88 Å². The molecule has 0 saturated heterocycles. The molecule has 0 aliphatic heterocycles. The van der Waals surface area contributed by atoms with Crippen LogP contribution in [0.15, 0.2) is 6.07 Å². The molecule has 0 atom stereocenters. The molecule has 1 aromatic heterocycles. The van der Waals surface area contributed by atoms with Gasteiger partial charge in [0.1, 0.15) is 4.99 Å². The summed E-state index contributed by atoms with van der Waals surface area (Å²) >= 11 is 5.22. The van der Waals surface area contributed by atoms with Crippen LogP contribution in [-0.4, -0.2) is 48.6 Å². The lowest BCUT2D eigenvalue weighted by Gasteiger charge is -2.28. The molecule has 5 heteroatoms. The zero-order chi connectivity index (χ0) is 15.3. The Morgan fingerprint density at radius 3 is 2.40 bits per heavy atom. The van der Waals surface area contributed by atoms with Gasteiger partial charge in [-0.25, -0.2) is 0 Å². The lowest BCUT2D eigenvalue weighted by atomic mass is 10.1. The largest absolute Gasteiger partial charge is 0.389 e. The number of thiocarbonyl (C=S) groups is 1. The van der Waals surface area contributed by atoms with Gasteiger partial charge in [0, 0.05) is 31.0 Å². The number of pyridine rings is 1. The molecule has 0 bridgehead atoms. The van der Waals surface area contributed by atoms with E-state index in [1.807, 2.05) is 13.8 Å². The molecule has 1 rings (SSSR count). The van der Waals surface area contributed by atoms with Crippen LogP contribution in [0.25, 0.3) is 0 Å². The van der Waals surface area contributed by atoms with Gasteiger partial charge >= 0.3 is 0 Å². The zero-order valence-corrected chi connectivity index (χ0v) is 14.0. The fraction of sp³-hybridized carbons (Fsp3) is 0.600. The number of nitrogens with two attached hydrogens (primary N) is 1. The summed E-state index contributed by atoms with van der Waals surface area (Å²) in [5.41, 5.74) is 9.86. The van der Waals surface area contributed by atoms with Gasteiger partial charge in [0.05, 0.1) is 11.3 Å². The smallest absolute Gasteiger partial charge is 0.107 e. The molecule has 0 aliphatic rings. The quantitative estimate of drug-likeness (QED) is 0.780. The second-order valence-corrected chi connectivity index (χ2v) is 5.84. The van der Waals surface area contributed by atoms with Crippen molar-refractivity contribution in [2.24, 2.45) is 5.73 Å². The first-order valence-corrected chi connectivity index (χ1v) is 7.45. The molecule has 112 valence electrons. The number of aryl methyl sites for hydroxylation is 2. The first-order chi connectivity index (χ1) is 9.36. The minimum atomic E-state index is 0.427. The van der Waals surface area contributed by atoms with Crippen molar-refractivity contribution in [3.63, 3.8) is 0 Å². The molecular weight excluding hydrogens is 268 g/mol. The van der Waals surface area contributed by atoms with Crippen molar-refractivity contribution in [2.45, 2.75) is 27.2 Å². The molecule has 0 fully saturated rings. The van der Waals surface area contributed by atoms with Crippen molar-refractivity contribution in [2.75, 3.05) is 38.6 Å². The third-order valence-electron chi connectivity index (χ3n) is 3.21. The van der Waals surface area contributed by atoms with Crippen LogP contribution in [0.1, 0.15) is 30.3 Å². The van der Waals surface area contributed by atoms with E-state index in [0.29, 0.717) is 4.99 Å². The first-order valence-electron chi connectivity index (χ1n) is 7.04. The summed E-state index contributed by atoms with van der Waals surface area (Å²) in [4.78, 5) is 9.46. The molecule has 1 heterocycles. The summed E-state index contributed by atoms with van der Waals surface area (Å²) in [5.74, 6) is 0. The maximum absolute atomic E-state index is 5.91. The summed E-state index contributed by atoms with van der Waals surface area (Å²) in [6, 6.07) is 2.09. The Kier molecular flexibility index (Phi) is 6.36. The predicted molar refractivity (Wildman–Crippen MR) is 90.7 cm³/mol. The summed E-state index contributed by atoms with van der Waals surface area (Å²) in [7, 11) is 4.17. The van der Waals surface area contributed by atoms with Gasteiger partial charge in [0.15, 0.2) is 0 Å². The molecule has 0 unspecified atom stereocenters. The minimum Gasteiger partial charge on any atom is -0.389 e. The van der Waals surface area contributed by atoms with Gasteiger partial charge in [-0.05, 0) is 40.4 Å². The number of hydrogen-bond donors (Lipinski definition) is 1. The van der Waals surface area contributed by atoms with E-state index in [0.717, 1.165) is 48.7 Å². The van der Waals surface area contributed by atoms with E-state index in [1.165, 1.54) is 0 Å². The Bertz CT molecular complexity index is 471. The molecule has 0 aromatic carbocycles. The number of hydrogen-bond acceptors (Lipinski definition) is 4. The van der Waals surface area contributed by atoms with Crippen molar-refractivity contribution < 1.29 is 0 Å². The zero-order valence-electron chi connectivity index (χ0n) is 13.2. The topological polar surface area (TPSA) is 45.4 Å². The van der Waals surface area contributed by atoms with Crippen molar-refractivity contribution in [1.29, 1.82) is 0 Å². The van der Waals surface area contributed by atoms with Crippen LogP contribution < -0.4 is 10.6 Å². The van der Waals surface area contributed by atoms with Crippen LogP contribution in [0.4, 0.5) is 5.69 Å². The fourth-order valence-corrected chi connectivity index (χ4v) is 2.56. The Hall–Kier alpha value is -1.20. The maximum Gasteiger partial charge on any atom is 0.107 e. The molecule has 2 N–H and O–H groups in total. The first kappa shape index (κ1) is 16.9. The van der Waals surface area contributed by atoms with E-state index in [4.69, 9.17) is 18.0 Å². The molecule has 20 heavy (non-hydrogen) atoms. The van der Waals surface area contributed by atoms with E-state index < -0.39 is 0 Å². The second kappa shape index (κ2) is 7.55. The lowest BCUT2D eigenvalue weighted by Crippen LogP contribution is -2.34. The number of likely N-dealkylation sites (N-methyl/N-ethyl adjacent to an activating group) is 1. The van der Waals surface area contributed by atoms with Gasteiger partial charge in [-0.15, -0.1) is 0 Å². The maximum atomic E-state index is 5.91. The summed E-state index contributed by atoms with van der Waals surface area (Å²) in [6.07, 6.45) is 1.09. The van der Waals surface area contributed by atoms with Gasteiger partial charge in [0.25, 0.3) is 0 Å². The van der Waals surface area contributed by atoms with E-state index in [1.54, 1.807) is 0 Å². The standard InChI is InChI=1S/C15H26N4S/c1-6-7-19(9-8-18(4)5)13-10-11(2)17-12(3)14(13)15(16)20/h10H,6-9H2,1-5H3,(H2,16,20). The number of aromatic nitrogens is 1. The Labute approximate surface area is 128 Å². The molecule has 0 amide bonds. The summed E-state index contributed by atoms with van der Waals surface area (Å²) < 4.78 is 0. The van der Waals surface area contributed by atoms with E-state index >= 15 is 0 Å². The third kappa shape index (κ3) is 4.42. The molecule has 0 radical (unpaired) electrons. The Morgan fingerprint density at radius 1 is 1.25 bits per heavy atom. The number of rotatable bonds is 7. The van der Waals surface area contributed by atoms with Gasteiger partial charge in [-0.3, -0.25) is 4.98 Å². The van der Waals surface area contributed by atoms with Gasteiger partial charge in [-0.2, -0.15) is 0 Å². The average molecular weight is 294 g/mol. The Balaban J connectivity index is 3.20. The Morgan fingerprint density at radius 2 is 1.90 bits per heavy atom. The van der Waals surface area contributed by atoms with Crippen LogP contribution >= 0.6 is 12.2 Å². The summed E-state index contributed by atoms with van der Waals surface area (Å²) in [5, 5.41) is 0. The highest BCUT2D eigenvalue weighted by atomic mass is 32.1. The minimum absolute atomic E-state index is 0.427. The van der Waals surface area contributed by atoms with Crippen LogP contribution in [0.5, 0.6) is 0 Å². The highest BCUT2D eigenvalue weighted by molar-refractivity contribution is 7.80. The van der Waals surface area contributed by atoms with Crippen molar-refractivity contribution in [3.05, 3.63) is 23.0 Å². The van der Waals surface area contributed by atoms with Crippen LogP contribution in [0.2, 0.25) is 0 Å². The highest BCUT2D eigenvalue weighted by Gasteiger charge is 2.16. The van der Waals surface area contributed by atoms with Crippen LogP contribution in [0.3, 0.4) is 0 Å². The van der Waals surface area contributed by atoms with Crippen molar-refractivity contribution in [3.8, 4) is 0 Å². The van der Waals surface area contributed by atoms with Gasteiger partial charge in [-0.1, -0.05) is 19.1 Å². The van der Waals surface area contributed by atoms with Gasteiger partial charge < -0.3 is 15.5 Å². The van der Waals surface area contributed by atoms with E-state index in [2.05, 4.69) is 41.9 Å². The molecule has 0 aliphatic carbocycles. The predicted octanol–water partition coefficient (Wildman–Crippen LogP) is 2.11. The molecule has 0 saturated carbocycles. The molecule has 4 nitrogen and oxygen atoms in total. The molecule has 1 aromatic rings. The lowest BCUT2D eigenvalue weighted by molar-refractivity contribution is 0.413. The SMILES string of the molecule is CCCN(CCN(C)C)c1cc(C)nc(C)c1C(N)=S. The van der Waals surface area contributed by atoms with E-state index in [9.17, 15) is 0 Å². The number of anilines is 1. The van der Waals surface area contributed by atoms with Crippen LogP contribution in [-0.2, 0) is 0 Å². The summed E-state index contributed by atoms with van der Waals surface area (Å²) in [6.45, 7) is 9.11. The van der Waals surface area contributed by atoms with E-state index in [-0.39, 0.29) is 0 Å². The second-order valence-electron chi connectivity index (χ2n) is 5.40. The molecular formula is C15H26N4S.